The molecule has 1 aliphatic heterocycles. The van der Waals surface area contributed by atoms with Gasteiger partial charge in [0.05, 0.1) is 9.11 Å². The Balaban J connectivity index is 2.54. The molecule has 1 aromatic carbocycles. The molecule has 5 nitrogen and oxygen atoms in total. The second kappa shape index (κ2) is 6.58. The molecule has 114 valence electrons. The van der Waals surface area contributed by atoms with Gasteiger partial charge in [-0.3, -0.25) is 9.59 Å². The quantitative estimate of drug-likeness (QED) is 0.657. The van der Waals surface area contributed by atoms with E-state index in [1.165, 1.54) is 6.07 Å². The third-order valence-corrected chi connectivity index (χ3v) is 3.12. The van der Waals surface area contributed by atoms with Crippen molar-refractivity contribution < 1.29 is 25.3 Å². The van der Waals surface area contributed by atoms with Crippen molar-refractivity contribution in [3.8, 4) is 0 Å². The fourth-order valence-electron chi connectivity index (χ4n) is 1.79. The molecular weight excluding hydrogens is 306 g/mol. The molecule has 0 aromatic heterocycles. The molecule has 0 saturated heterocycles. The summed E-state index contributed by atoms with van der Waals surface area (Å²) in [5, 5.41) is 19.1. The number of hydrogen-bond donors (Lipinski definition) is 2. The van der Waals surface area contributed by atoms with Crippen molar-refractivity contribution in [2.45, 2.75) is 19.7 Å². The zero-order valence-corrected chi connectivity index (χ0v) is 12.2. The molecule has 1 aromatic rings. The number of hydrogen-bond acceptors (Lipinski definition) is 4. The van der Waals surface area contributed by atoms with Crippen molar-refractivity contribution in [3.63, 3.8) is 0 Å². The maximum atomic E-state index is 12.4. The zero-order valence-electron chi connectivity index (χ0n) is 15.5. The predicted octanol–water partition coefficient (Wildman–Crippen LogP) is 3.32. The lowest BCUT2D eigenvalue weighted by Crippen LogP contribution is -2.09. The van der Waals surface area contributed by atoms with Crippen molar-refractivity contribution in [1.82, 2.24) is 0 Å². The van der Waals surface area contributed by atoms with E-state index < -0.39 is 48.2 Å². The lowest BCUT2D eigenvalue weighted by atomic mass is 9.98. The monoisotopic (exact) mass is 323 g/mol. The number of aliphatic carboxylic acids is 1. The van der Waals surface area contributed by atoms with E-state index in [4.69, 9.17) is 22.2 Å². The largest absolute Gasteiger partial charge is 0.510 e. The summed E-state index contributed by atoms with van der Waals surface area (Å²) in [6.07, 6.45) is -4.33. The van der Waals surface area contributed by atoms with E-state index >= 15 is 0 Å². The molecule has 2 N–H and O–H groups in total. The second-order valence-electron chi connectivity index (χ2n) is 4.47. The standard InChI is InChI=1S/C16H14ClNO4/c1-9-2-3-11(17)7-12(9)10-6-14(20)16(18-8-10)13(19)4-5-15(21)22/h2-3,6-8,19H,4-5H2,1H3,(H,21,22)/i5D2,6D,8D. The highest BCUT2D eigenvalue weighted by atomic mass is 35.5. The summed E-state index contributed by atoms with van der Waals surface area (Å²) < 4.78 is 30.7. The first kappa shape index (κ1) is 11.2. The summed E-state index contributed by atoms with van der Waals surface area (Å²) in [4.78, 5) is 26.9. The molecule has 0 bridgehead atoms. The van der Waals surface area contributed by atoms with Gasteiger partial charge in [0, 0.05) is 25.9 Å². The Kier molecular flexibility index (Phi) is 3.35. The average molecular weight is 324 g/mol. The number of aliphatic hydroxyl groups excluding tert-OH is 1. The van der Waals surface area contributed by atoms with Gasteiger partial charge in [0.25, 0.3) is 0 Å². The van der Waals surface area contributed by atoms with Crippen LogP contribution in [0.5, 0.6) is 0 Å². The number of carbonyl (C=O) groups excluding carboxylic acids is 1. The molecule has 6 heteroatoms. The topological polar surface area (TPSA) is 87.0 Å². The molecule has 1 aliphatic rings. The van der Waals surface area contributed by atoms with Gasteiger partial charge in [0.2, 0.25) is 5.78 Å². The number of rotatable bonds is 4. The summed E-state index contributed by atoms with van der Waals surface area (Å²) in [5.74, 6) is -3.78. The Labute approximate surface area is 137 Å². The number of aryl methyl sites for hydroxylation is 1. The van der Waals surface area contributed by atoms with Crippen LogP contribution >= 0.6 is 11.6 Å². The maximum absolute atomic E-state index is 12.4. The number of allylic oxidation sites excluding steroid dienone is 3. The van der Waals surface area contributed by atoms with Crippen LogP contribution in [-0.4, -0.2) is 28.2 Å². The Hall–Kier alpha value is -2.40. The van der Waals surface area contributed by atoms with E-state index in [9.17, 15) is 14.7 Å². The molecule has 0 atom stereocenters. The fourth-order valence-corrected chi connectivity index (χ4v) is 1.97. The first-order chi connectivity index (χ1) is 12.0. The number of aliphatic hydroxyl groups is 1. The van der Waals surface area contributed by atoms with Gasteiger partial charge < -0.3 is 10.2 Å². The third-order valence-electron chi connectivity index (χ3n) is 2.88. The van der Waals surface area contributed by atoms with E-state index in [0.717, 1.165) is 0 Å². The second-order valence-corrected chi connectivity index (χ2v) is 4.90. The number of dihydropyridines is 1. The zero-order chi connectivity index (χ0) is 19.8. The van der Waals surface area contributed by atoms with Gasteiger partial charge in [-0.25, -0.2) is 4.99 Å². The molecule has 22 heavy (non-hydrogen) atoms. The highest BCUT2D eigenvalue weighted by Crippen LogP contribution is 2.25. The van der Waals surface area contributed by atoms with Crippen LogP contribution in [-0.2, 0) is 9.59 Å². The molecule has 0 unspecified atom stereocenters. The van der Waals surface area contributed by atoms with Crippen LogP contribution in [0.3, 0.4) is 0 Å². The number of ketones is 1. The Morgan fingerprint density at radius 3 is 2.86 bits per heavy atom. The predicted molar refractivity (Wildman–Crippen MR) is 84.2 cm³/mol. The first-order valence-corrected chi connectivity index (χ1v) is 6.56. The lowest BCUT2D eigenvalue weighted by molar-refractivity contribution is -0.137. The van der Waals surface area contributed by atoms with Gasteiger partial charge >= 0.3 is 5.97 Å². The van der Waals surface area contributed by atoms with Crippen molar-refractivity contribution in [2.75, 3.05) is 0 Å². The van der Waals surface area contributed by atoms with E-state index in [1.807, 2.05) is 0 Å². The highest BCUT2D eigenvalue weighted by molar-refractivity contribution is 6.31. The van der Waals surface area contributed by atoms with Crippen molar-refractivity contribution in [2.24, 2.45) is 4.99 Å². The summed E-state index contributed by atoms with van der Waals surface area (Å²) in [5.41, 5.74) is 0.228. The van der Waals surface area contributed by atoms with E-state index in [0.29, 0.717) is 16.1 Å². The SMILES string of the molecule is [2H]C1=NC(=C(O)CC([2H])([2H])C(=O)O)C(=O)C([2H])=C1c1cc(Cl)ccc1C. The number of benzene rings is 1. The highest BCUT2D eigenvalue weighted by Gasteiger charge is 2.19. The molecule has 1 heterocycles. The maximum Gasteiger partial charge on any atom is 0.303 e. The van der Waals surface area contributed by atoms with Crippen molar-refractivity contribution in [1.29, 1.82) is 0 Å². The molecule has 0 spiro atoms. The Morgan fingerprint density at radius 1 is 1.45 bits per heavy atom. The summed E-state index contributed by atoms with van der Waals surface area (Å²) in [6.45, 7) is 1.70. The van der Waals surface area contributed by atoms with Gasteiger partial charge in [-0.15, -0.1) is 0 Å². The van der Waals surface area contributed by atoms with Crippen LogP contribution in [0.25, 0.3) is 5.57 Å². The molecule has 0 fully saturated rings. The summed E-state index contributed by atoms with van der Waals surface area (Å²) in [7, 11) is 0. The van der Waals surface area contributed by atoms with Gasteiger partial charge in [0.15, 0.2) is 0 Å². The van der Waals surface area contributed by atoms with Crippen molar-refractivity contribution in [3.05, 3.63) is 51.9 Å². The summed E-state index contributed by atoms with van der Waals surface area (Å²) >= 11 is 5.93. The average Bonchev–Trinajstić information content (AvgIpc) is 2.53. The van der Waals surface area contributed by atoms with Gasteiger partial charge in [-0.1, -0.05) is 17.7 Å². The normalized spacial score (nSPS) is 20.6. The molecule has 0 saturated carbocycles. The van der Waals surface area contributed by atoms with Crippen LogP contribution in [0.2, 0.25) is 5.02 Å². The first-order valence-electron chi connectivity index (χ1n) is 8.19. The molecule has 0 radical (unpaired) electrons. The summed E-state index contributed by atoms with van der Waals surface area (Å²) in [6, 6.07) is 4.13. The van der Waals surface area contributed by atoms with Crippen LogP contribution in [0.15, 0.2) is 40.7 Å². The van der Waals surface area contributed by atoms with Gasteiger partial charge in [-0.2, -0.15) is 0 Å². The smallest absolute Gasteiger partial charge is 0.303 e. The van der Waals surface area contributed by atoms with E-state index in [1.54, 1.807) is 19.1 Å². The third kappa shape index (κ3) is 3.62. The van der Waals surface area contributed by atoms with Gasteiger partial charge in [0.1, 0.15) is 11.5 Å². The lowest BCUT2D eigenvalue weighted by Gasteiger charge is -2.12. The molecule has 0 aliphatic carbocycles. The number of aliphatic imine (C=N–C) groups is 1. The molecule has 0 amide bonds. The van der Waals surface area contributed by atoms with Crippen LogP contribution in [0.4, 0.5) is 0 Å². The van der Waals surface area contributed by atoms with E-state index in [-0.39, 0.29) is 5.57 Å². The number of carbonyl (C=O) groups is 2. The van der Waals surface area contributed by atoms with Crippen LogP contribution in [0.1, 0.15) is 29.4 Å². The van der Waals surface area contributed by atoms with Crippen LogP contribution < -0.4 is 0 Å². The molecular formula is C16H14ClNO4. The molecule has 2 rings (SSSR count). The van der Waals surface area contributed by atoms with Gasteiger partial charge in [-0.05, 0) is 36.2 Å². The number of nitrogens with zero attached hydrogens (tertiary/aromatic N) is 1. The number of carboxylic acids is 1. The number of halogens is 1. The van der Waals surface area contributed by atoms with Crippen molar-refractivity contribution >= 4 is 35.1 Å². The minimum absolute atomic E-state index is 0.0761. The van der Waals surface area contributed by atoms with E-state index in [2.05, 4.69) is 4.99 Å². The minimum atomic E-state index is -2.83. The minimum Gasteiger partial charge on any atom is -0.510 e. The Bertz CT molecular complexity index is 906. The number of carboxylic acid groups (broad SMARTS) is 1. The fraction of sp³-hybridized carbons (Fsp3) is 0.188. The van der Waals surface area contributed by atoms with Crippen LogP contribution in [0, 0.1) is 6.92 Å². The Morgan fingerprint density at radius 2 is 2.18 bits per heavy atom.